The van der Waals surface area contributed by atoms with E-state index in [1.807, 2.05) is 13.8 Å². The molecule has 0 spiro atoms. The molecule has 5 nitrogen and oxygen atoms in total. The van der Waals surface area contributed by atoms with Crippen molar-refractivity contribution in [3.05, 3.63) is 0 Å². The highest BCUT2D eigenvalue weighted by Crippen LogP contribution is 2.24. The summed E-state index contributed by atoms with van der Waals surface area (Å²) in [6, 6.07) is 0. The van der Waals surface area contributed by atoms with Crippen LogP contribution in [0, 0.1) is 5.92 Å². The minimum Gasteiger partial charge on any atom is -0.466 e. The Labute approximate surface area is 102 Å². The van der Waals surface area contributed by atoms with E-state index in [2.05, 4.69) is 5.32 Å². The van der Waals surface area contributed by atoms with Gasteiger partial charge in [-0.2, -0.15) is 0 Å². The van der Waals surface area contributed by atoms with E-state index < -0.39 is 5.60 Å². The van der Waals surface area contributed by atoms with Crippen molar-refractivity contribution in [2.45, 2.75) is 38.9 Å². The maximum absolute atomic E-state index is 11.4. The summed E-state index contributed by atoms with van der Waals surface area (Å²) in [5.74, 6) is -0.404. The van der Waals surface area contributed by atoms with Crippen LogP contribution in [-0.4, -0.2) is 49.1 Å². The lowest BCUT2D eigenvalue weighted by atomic mass is 9.96. The van der Waals surface area contributed by atoms with E-state index in [4.69, 9.17) is 9.47 Å². The lowest BCUT2D eigenvalue weighted by molar-refractivity contribution is -0.147. The molecule has 1 rings (SSSR count). The molecule has 0 saturated carbocycles. The van der Waals surface area contributed by atoms with Crippen LogP contribution in [0.15, 0.2) is 0 Å². The van der Waals surface area contributed by atoms with Gasteiger partial charge in [-0.25, -0.2) is 0 Å². The SMILES string of the molecule is CCOC(=O)C(C)CNCC1(O)CCOC1C. The lowest BCUT2D eigenvalue weighted by Crippen LogP contribution is -2.47. The number of nitrogens with one attached hydrogen (secondary N) is 1. The van der Waals surface area contributed by atoms with Crippen LogP contribution in [0.25, 0.3) is 0 Å². The largest absolute Gasteiger partial charge is 0.466 e. The maximum atomic E-state index is 11.4. The highest BCUT2D eigenvalue weighted by molar-refractivity contribution is 5.72. The Balaban J connectivity index is 2.25. The second kappa shape index (κ2) is 6.33. The van der Waals surface area contributed by atoms with Crippen molar-refractivity contribution < 1.29 is 19.4 Å². The van der Waals surface area contributed by atoms with Crippen molar-refractivity contribution in [3.8, 4) is 0 Å². The highest BCUT2D eigenvalue weighted by atomic mass is 16.5. The molecule has 0 aromatic heterocycles. The summed E-state index contributed by atoms with van der Waals surface area (Å²) in [5.41, 5.74) is -0.811. The van der Waals surface area contributed by atoms with Crippen LogP contribution >= 0.6 is 0 Å². The number of carbonyl (C=O) groups excluding carboxylic acids is 1. The zero-order valence-electron chi connectivity index (χ0n) is 10.9. The van der Waals surface area contributed by atoms with Crippen LogP contribution in [0.2, 0.25) is 0 Å². The van der Waals surface area contributed by atoms with Gasteiger partial charge in [0.05, 0.1) is 18.6 Å². The fraction of sp³-hybridized carbons (Fsp3) is 0.917. The summed E-state index contributed by atoms with van der Waals surface area (Å²) in [5, 5.41) is 13.3. The molecular formula is C12H23NO4. The van der Waals surface area contributed by atoms with Crippen molar-refractivity contribution in [3.63, 3.8) is 0 Å². The molecule has 3 atom stereocenters. The first-order chi connectivity index (χ1) is 7.99. The van der Waals surface area contributed by atoms with Gasteiger partial charge in [-0.15, -0.1) is 0 Å². The molecule has 3 unspecified atom stereocenters. The van der Waals surface area contributed by atoms with E-state index in [9.17, 15) is 9.90 Å². The molecule has 0 radical (unpaired) electrons. The highest BCUT2D eigenvalue weighted by Gasteiger charge is 2.39. The van der Waals surface area contributed by atoms with Crippen molar-refractivity contribution in [1.29, 1.82) is 0 Å². The van der Waals surface area contributed by atoms with Crippen LogP contribution in [-0.2, 0) is 14.3 Å². The lowest BCUT2D eigenvalue weighted by Gasteiger charge is -2.26. The molecule has 1 fully saturated rings. The van der Waals surface area contributed by atoms with Gasteiger partial charge in [-0.05, 0) is 13.8 Å². The Morgan fingerprint density at radius 3 is 2.94 bits per heavy atom. The third kappa shape index (κ3) is 3.94. The average Bonchev–Trinajstić information content (AvgIpc) is 2.59. The second-order valence-corrected chi connectivity index (χ2v) is 4.65. The number of ether oxygens (including phenoxy) is 2. The Bertz CT molecular complexity index is 259. The van der Waals surface area contributed by atoms with Gasteiger partial charge in [-0.1, -0.05) is 6.92 Å². The summed E-state index contributed by atoms with van der Waals surface area (Å²) in [6.07, 6.45) is 0.475. The van der Waals surface area contributed by atoms with E-state index in [1.165, 1.54) is 0 Å². The van der Waals surface area contributed by atoms with Gasteiger partial charge in [0, 0.05) is 26.1 Å². The van der Waals surface area contributed by atoms with E-state index >= 15 is 0 Å². The van der Waals surface area contributed by atoms with Gasteiger partial charge < -0.3 is 19.9 Å². The zero-order valence-corrected chi connectivity index (χ0v) is 10.9. The third-order valence-electron chi connectivity index (χ3n) is 3.23. The Kier molecular flexibility index (Phi) is 5.36. The van der Waals surface area contributed by atoms with E-state index in [0.29, 0.717) is 32.7 Å². The third-order valence-corrected chi connectivity index (χ3v) is 3.23. The minimum absolute atomic E-state index is 0.159. The number of aliphatic hydroxyl groups is 1. The van der Waals surface area contributed by atoms with Gasteiger partial charge in [0.1, 0.15) is 5.60 Å². The monoisotopic (exact) mass is 245 g/mol. The second-order valence-electron chi connectivity index (χ2n) is 4.65. The van der Waals surface area contributed by atoms with Crippen LogP contribution in [0.4, 0.5) is 0 Å². The topological polar surface area (TPSA) is 67.8 Å². The summed E-state index contributed by atoms with van der Waals surface area (Å²) in [7, 11) is 0. The van der Waals surface area contributed by atoms with Gasteiger partial charge >= 0.3 is 5.97 Å². The number of hydrogen-bond donors (Lipinski definition) is 2. The maximum Gasteiger partial charge on any atom is 0.309 e. The van der Waals surface area contributed by atoms with Crippen molar-refractivity contribution >= 4 is 5.97 Å². The summed E-state index contributed by atoms with van der Waals surface area (Å²) in [4.78, 5) is 11.4. The molecule has 17 heavy (non-hydrogen) atoms. The van der Waals surface area contributed by atoms with Gasteiger partial charge in [0.15, 0.2) is 0 Å². The van der Waals surface area contributed by atoms with E-state index in [1.54, 1.807) is 6.92 Å². The van der Waals surface area contributed by atoms with E-state index in [0.717, 1.165) is 0 Å². The molecule has 100 valence electrons. The average molecular weight is 245 g/mol. The Morgan fingerprint density at radius 2 is 2.41 bits per heavy atom. The fourth-order valence-corrected chi connectivity index (χ4v) is 1.88. The van der Waals surface area contributed by atoms with Crippen LogP contribution in [0.5, 0.6) is 0 Å². The summed E-state index contributed by atoms with van der Waals surface area (Å²) >= 11 is 0. The summed E-state index contributed by atoms with van der Waals surface area (Å²) in [6.45, 7) is 7.40. The molecule has 1 heterocycles. The van der Waals surface area contributed by atoms with E-state index in [-0.39, 0.29) is 18.0 Å². The van der Waals surface area contributed by atoms with Crippen molar-refractivity contribution in [2.24, 2.45) is 5.92 Å². The predicted octanol–water partition coefficient (Wildman–Crippen LogP) is 0.315. The molecule has 1 saturated heterocycles. The van der Waals surface area contributed by atoms with Crippen molar-refractivity contribution in [2.75, 3.05) is 26.3 Å². The quantitative estimate of drug-likeness (QED) is 0.659. The molecule has 5 heteroatoms. The fourth-order valence-electron chi connectivity index (χ4n) is 1.88. The Morgan fingerprint density at radius 1 is 1.71 bits per heavy atom. The molecular weight excluding hydrogens is 222 g/mol. The minimum atomic E-state index is -0.811. The first-order valence-electron chi connectivity index (χ1n) is 6.21. The molecule has 0 aliphatic carbocycles. The molecule has 0 aromatic carbocycles. The number of esters is 1. The van der Waals surface area contributed by atoms with Gasteiger partial charge in [0.2, 0.25) is 0 Å². The Hall–Kier alpha value is -0.650. The smallest absolute Gasteiger partial charge is 0.309 e. The number of carbonyl (C=O) groups is 1. The molecule has 1 aliphatic heterocycles. The van der Waals surface area contributed by atoms with Crippen LogP contribution < -0.4 is 5.32 Å². The first-order valence-corrected chi connectivity index (χ1v) is 6.21. The van der Waals surface area contributed by atoms with Gasteiger partial charge in [-0.3, -0.25) is 4.79 Å². The molecule has 1 aliphatic rings. The molecule has 0 amide bonds. The molecule has 0 aromatic rings. The van der Waals surface area contributed by atoms with Crippen LogP contribution in [0.1, 0.15) is 27.2 Å². The van der Waals surface area contributed by atoms with Crippen molar-refractivity contribution in [1.82, 2.24) is 5.32 Å². The van der Waals surface area contributed by atoms with Crippen LogP contribution in [0.3, 0.4) is 0 Å². The first kappa shape index (κ1) is 14.4. The standard InChI is InChI=1S/C12H23NO4/c1-4-16-11(14)9(2)7-13-8-12(15)5-6-17-10(12)3/h9-10,13,15H,4-8H2,1-3H3. The molecule has 2 N–H and O–H groups in total. The number of hydrogen-bond acceptors (Lipinski definition) is 5. The normalized spacial score (nSPS) is 30.2. The predicted molar refractivity (Wildman–Crippen MR) is 63.6 cm³/mol. The number of rotatable bonds is 6. The summed E-state index contributed by atoms with van der Waals surface area (Å²) < 4.78 is 10.2. The zero-order chi connectivity index (χ0) is 12.9. The molecule has 0 bridgehead atoms. The van der Waals surface area contributed by atoms with Gasteiger partial charge in [0.25, 0.3) is 0 Å².